The van der Waals surface area contributed by atoms with Crippen molar-refractivity contribution in [1.82, 2.24) is 4.90 Å². The number of carbonyl (C=O) groups is 2. The summed E-state index contributed by atoms with van der Waals surface area (Å²) in [5.74, 6) is 0.288. The van der Waals surface area contributed by atoms with Gasteiger partial charge < -0.3 is 23.8 Å². The highest BCUT2D eigenvalue weighted by Crippen LogP contribution is 2.29. The van der Waals surface area contributed by atoms with Crippen molar-refractivity contribution in [3.8, 4) is 11.5 Å². The zero-order valence-corrected chi connectivity index (χ0v) is 15.7. The zero-order valence-electron chi connectivity index (χ0n) is 15.7. The van der Waals surface area contributed by atoms with E-state index in [9.17, 15) is 9.59 Å². The summed E-state index contributed by atoms with van der Waals surface area (Å²) in [6, 6.07) is 4.87. The second-order valence-electron chi connectivity index (χ2n) is 6.04. The van der Waals surface area contributed by atoms with E-state index < -0.39 is 5.97 Å². The number of esters is 1. The molecule has 1 amide bonds. The maximum atomic E-state index is 12.3. The molecule has 1 atom stereocenters. The Morgan fingerprint density at radius 3 is 2.73 bits per heavy atom. The number of nitrogens with zero attached hydrogens (tertiary/aromatic N) is 1. The smallest absolute Gasteiger partial charge is 0.338 e. The Balaban J connectivity index is 1.95. The number of rotatable bonds is 8. The Morgan fingerprint density at radius 2 is 2.04 bits per heavy atom. The topological polar surface area (TPSA) is 74.3 Å². The number of ether oxygens (including phenoxy) is 4. The summed E-state index contributed by atoms with van der Waals surface area (Å²) in [4.78, 5) is 26.1. The molecule has 144 valence electrons. The minimum Gasteiger partial charge on any atom is -0.490 e. The van der Waals surface area contributed by atoms with Gasteiger partial charge in [-0.3, -0.25) is 4.79 Å². The molecule has 2 rings (SSSR count). The lowest BCUT2D eigenvalue weighted by Crippen LogP contribution is -2.46. The van der Waals surface area contributed by atoms with Crippen molar-refractivity contribution in [1.29, 1.82) is 0 Å². The van der Waals surface area contributed by atoms with Gasteiger partial charge >= 0.3 is 5.97 Å². The summed E-state index contributed by atoms with van der Waals surface area (Å²) in [7, 11) is 0. The van der Waals surface area contributed by atoms with E-state index in [1.807, 2.05) is 20.8 Å². The Labute approximate surface area is 154 Å². The van der Waals surface area contributed by atoms with E-state index in [1.54, 1.807) is 23.1 Å². The summed E-state index contributed by atoms with van der Waals surface area (Å²) < 4.78 is 21.7. The minimum atomic E-state index is -0.567. The fourth-order valence-electron chi connectivity index (χ4n) is 2.58. The first-order valence-electron chi connectivity index (χ1n) is 9.01. The van der Waals surface area contributed by atoms with Crippen LogP contribution in [-0.4, -0.2) is 62.4 Å². The first-order valence-corrected chi connectivity index (χ1v) is 9.01. The van der Waals surface area contributed by atoms with Crippen LogP contribution in [0.5, 0.6) is 11.5 Å². The lowest BCUT2D eigenvalue weighted by Gasteiger charge is -2.30. The molecule has 0 aromatic heterocycles. The summed E-state index contributed by atoms with van der Waals surface area (Å²) in [5.41, 5.74) is 0.320. The van der Waals surface area contributed by atoms with Gasteiger partial charge in [0.1, 0.15) is 0 Å². The van der Waals surface area contributed by atoms with Gasteiger partial charge in [-0.1, -0.05) is 6.92 Å². The van der Waals surface area contributed by atoms with Crippen LogP contribution in [0.3, 0.4) is 0 Å². The highest BCUT2D eigenvalue weighted by atomic mass is 16.5. The molecule has 0 radical (unpaired) electrons. The third-order valence-corrected chi connectivity index (χ3v) is 3.86. The largest absolute Gasteiger partial charge is 0.490 e. The van der Waals surface area contributed by atoms with E-state index in [0.29, 0.717) is 50.0 Å². The molecule has 0 saturated carbocycles. The van der Waals surface area contributed by atoms with E-state index in [2.05, 4.69) is 0 Å². The van der Waals surface area contributed by atoms with Crippen LogP contribution in [0.1, 0.15) is 37.6 Å². The van der Waals surface area contributed by atoms with E-state index in [1.165, 1.54) is 0 Å². The van der Waals surface area contributed by atoms with Crippen LogP contribution in [0.4, 0.5) is 0 Å². The fraction of sp³-hybridized carbons (Fsp3) is 0.579. The molecule has 1 unspecified atom stereocenters. The Kier molecular flexibility index (Phi) is 7.72. The Morgan fingerprint density at radius 1 is 1.23 bits per heavy atom. The van der Waals surface area contributed by atoms with Crippen LogP contribution in [0, 0.1) is 0 Å². The van der Waals surface area contributed by atoms with Gasteiger partial charge in [0.15, 0.2) is 18.1 Å². The summed E-state index contributed by atoms with van der Waals surface area (Å²) in [5, 5.41) is 0. The van der Waals surface area contributed by atoms with Crippen LogP contribution < -0.4 is 9.47 Å². The van der Waals surface area contributed by atoms with Gasteiger partial charge in [0.05, 0.1) is 31.5 Å². The second-order valence-corrected chi connectivity index (χ2v) is 6.04. The molecule has 1 aromatic carbocycles. The van der Waals surface area contributed by atoms with Crippen molar-refractivity contribution < 1.29 is 28.5 Å². The predicted octanol–water partition coefficient (Wildman–Crippen LogP) is 2.28. The molecule has 7 nitrogen and oxygen atoms in total. The van der Waals surface area contributed by atoms with Crippen molar-refractivity contribution >= 4 is 11.9 Å². The summed E-state index contributed by atoms with van der Waals surface area (Å²) in [6.45, 7) is 8.03. The van der Waals surface area contributed by atoms with Crippen molar-refractivity contribution in [2.24, 2.45) is 0 Å². The predicted molar refractivity (Wildman–Crippen MR) is 95.7 cm³/mol. The van der Waals surface area contributed by atoms with Gasteiger partial charge in [-0.05, 0) is 38.5 Å². The maximum Gasteiger partial charge on any atom is 0.338 e. The number of amides is 1. The van der Waals surface area contributed by atoms with Crippen molar-refractivity contribution in [3.05, 3.63) is 23.8 Å². The normalized spacial score (nSPS) is 16.9. The molecule has 1 fully saturated rings. The van der Waals surface area contributed by atoms with Gasteiger partial charge in [0.25, 0.3) is 5.91 Å². The summed E-state index contributed by atoms with van der Waals surface area (Å²) >= 11 is 0. The quantitative estimate of drug-likeness (QED) is 0.658. The molecule has 1 aliphatic rings. The SMILES string of the molecule is CCCOc1ccc(C(=O)OCC(=O)N2CCOC(C)C2)cc1OCC. The van der Waals surface area contributed by atoms with E-state index in [4.69, 9.17) is 18.9 Å². The van der Waals surface area contributed by atoms with Gasteiger partial charge in [0.2, 0.25) is 0 Å². The van der Waals surface area contributed by atoms with Crippen molar-refractivity contribution in [2.75, 3.05) is 39.5 Å². The van der Waals surface area contributed by atoms with Crippen LogP contribution in [0.15, 0.2) is 18.2 Å². The molecule has 26 heavy (non-hydrogen) atoms. The number of morpholine rings is 1. The van der Waals surface area contributed by atoms with Crippen LogP contribution >= 0.6 is 0 Å². The molecular formula is C19H27NO6. The molecule has 0 N–H and O–H groups in total. The number of hydrogen-bond donors (Lipinski definition) is 0. The van der Waals surface area contributed by atoms with Gasteiger partial charge in [-0.15, -0.1) is 0 Å². The molecule has 1 heterocycles. The van der Waals surface area contributed by atoms with Gasteiger partial charge in [0, 0.05) is 13.1 Å². The van der Waals surface area contributed by atoms with E-state index in [0.717, 1.165) is 6.42 Å². The molecule has 0 spiro atoms. The number of benzene rings is 1. The first kappa shape index (κ1) is 20.0. The van der Waals surface area contributed by atoms with Crippen molar-refractivity contribution in [2.45, 2.75) is 33.3 Å². The van der Waals surface area contributed by atoms with Gasteiger partial charge in [-0.25, -0.2) is 4.79 Å². The molecular weight excluding hydrogens is 338 g/mol. The molecule has 7 heteroatoms. The third-order valence-electron chi connectivity index (χ3n) is 3.86. The number of carbonyl (C=O) groups excluding carboxylic acids is 2. The average molecular weight is 365 g/mol. The van der Waals surface area contributed by atoms with Crippen molar-refractivity contribution in [3.63, 3.8) is 0 Å². The third kappa shape index (κ3) is 5.62. The standard InChI is InChI=1S/C19H27NO6/c1-4-9-25-16-7-6-15(11-17(16)23-5-2)19(22)26-13-18(21)20-8-10-24-14(3)12-20/h6-7,11,14H,4-5,8-10,12-13H2,1-3H3. The first-order chi connectivity index (χ1) is 12.5. The molecule has 0 bridgehead atoms. The monoisotopic (exact) mass is 365 g/mol. The molecule has 1 saturated heterocycles. The highest BCUT2D eigenvalue weighted by molar-refractivity contribution is 5.92. The average Bonchev–Trinajstić information content (AvgIpc) is 2.65. The second kappa shape index (κ2) is 10.0. The fourth-order valence-corrected chi connectivity index (χ4v) is 2.58. The van der Waals surface area contributed by atoms with Gasteiger partial charge in [-0.2, -0.15) is 0 Å². The zero-order chi connectivity index (χ0) is 18.9. The van der Waals surface area contributed by atoms with E-state index in [-0.39, 0.29) is 18.6 Å². The molecule has 0 aliphatic carbocycles. The van der Waals surface area contributed by atoms with Crippen LogP contribution in [-0.2, 0) is 14.3 Å². The Hall–Kier alpha value is -2.28. The highest BCUT2D eigenvalue weighted by Gasteiger charge is 2.22. The maximum absolute atomic E-state index is 12.3. The lowest BCUT2D eigenvalue weighted by atomic mass is 10.2. The van der Waals surface area contributed by atoms with E-state index >= 15 is 0 Å². The minimum absolute atomic E-state index is 0.00665. The van der Waals surface area contributed by atoms with Crippen LogP contribution in [0.2, 0.25) is 0 Å². The Bertz CT molecular complexity index is 618. The van der Waals surface area contributed by atoms with Crippen LogP contribution in [0.25, 0.3) is 0 Å². The lowest BCUT2D eigenvalue weighted by molar-refractivity contribution is -0.141. The molecule has 1 aliphatic heterocycles. The molecule has 1 aromatic rings. The summed E-state index contributed by atoms with van der Waals surface area (Å²) in [6.07, 6.45) is 0.866. The number of hydrogen-bond acceptors (Lipinski definition) is 6.